The number of aromatic nitrogens is 6. The molecule has 0 fully saturated rings. The number of halogens is 1. The predicted octanol–water partition coefficient (Wildman–Crippen LogP) is 4.10. The lowest BCUT2D eigenvalue weighted by Crippen LogP contribution is -2.27. The Morgan fingerprint density at radius 3 is 2.61 bits per heavy atom. The van der Waals surface area contributed by atoms with Gasteiger partial charge in [-0.15, -0.1) is 10.2 Å². The summed E-state index contributed by atoms with van der Waals surface area (Å²) in [6.45, 7) is 0. The van der Waals surface area contributed by atoms with Gasteiger partial charge in [-0.2, -0.15) is 5.10 Å². The van der Waals surface area contributed by atoms with E-state index in [1.807, 2.05) is 41.8 Å². The molecule has 1 aliphatic heterocycles. The van der Waals surface area contributed by atoms with Crippen LogP contribution in [0.25, 0.3) is 16.8 Å². The van der Waals surface area contributed by atoms with E-state index in [4.69, 9.17) is 0 Å². The summed E-state index contributed by atoms with van der Waals surface area (Å²) >= 11 is 0. The van der Waals surface area contributed by atoms with Crippen molar-refractivity contribution in [3.8, 4) is 11.1 Å². The van der Waals surface area contributed by atoms with Crippen LogP contribution < -0.4 is 10.2 Å². The van der Waals surface area contributed by atoms with Crippen LogP contribution in [0.2, 0.25) is 0 Å². The normalized spacial score (nSPS) is 15.4. The van der Waals surface area contributed by atoms with Gasteiger partial charge in [-0.1, -0.05) is 12.1 Å². The highest BCUT2D eigenvalue weighted by atomic mass is 19.1. The third-order valence-corrected chi connectivity index (χ3v) is 6.58. The maximum atomic E-state index is 13.4. The molecular formula is C26H23FN8O. The Morgan fingerprint density at radius 1 is 1.00 bits per heavy atom. The maximum absolute atomic E-state index is 13.4. The van der Waals surface area contributed by atoms with E-state index in [1.165, 1.54) is 12.1 Å². The second-order valence-corrected chi connectivity index (χ2v) is 8.93. The molecule has 1 N–H and O–H groups in total. The molecule has 6 rings (SSSR count). The number of amides is 1. The summed E-state index contributed by atoms with van der Waals surface area (Å²) in [4.78, 5) is 19.2. The third kappa shape index (κ3) is 3.86. The van der Waals surface area contributed by atoms with Crippen molar-refractivity contribution >= 4 is 29.0 Å². The number of nitrogens with one attached hydrogen (secondary N) is 1. The number of anilines is 3. The molecule has 1 amide bonds. The highest BCUT2D eigenvalue weighted by Gasteiger charge is 2.30. The molecule has 1 atom stereocenters. The summed E-state index contributed by atoms with van der Waals surface area (Å²) < 4.78 is 17.1. The molecule has 10 heteroatoms. The van der Waals surface area contributed by atoms with Gasteiger partial charge < -0.3 is 10.2 Å². The SMILES string of the molecule is CN1C(=O)C[C@@H](Cc2ccc(F)cc2)c2nnc3cc(-c4ccnc(Nc5ccnn5C)c4)cc1n23. The zero-order valence-electron chi connectivity index (χ0n) is 19.8. The van der Waals surface area contributed by atoms with Gasteiger partial charge in [-0.3, -0.25) is 13.9 Å². The topological polar surface area (TPSA) is 93.2 Å². The Labute approximate surface area is 206 Å². The molecule has 0 radical (unpaired) electrons. The third-order valence-electron chi connectivity index (χ3n) is 6.58. The minimum absolute atomic E-state index is 0.0145. The quantitative estimate of drug-likeness (QED) is 0.405. The first-order valence-electron chi connectivity index (χ1n) is 11.6. The average molecular weight is 483 g/mol. The maximum Gasteiger partial charge on any atom is 0.228 e. The minimum Gasteiger partial charge on any atom is -0.325 e. The number of benzene rings is 1. The Bertz CT molecular complexity index is 1590. The molecule has 0 bridgehead atoms. The van der Waals surface area contributed by atoms with Crippen molar-refractivity contribution in [2.45, 2.75) is 18.8 Å². The monoisotopic (exact) mass is 482 g/mol. The number of carbonyl (C=O) groups is 1. The first-order valence-corrected chi connectivity index (χ1v) is 11.6. The van der Waals surface area contributed by atoms with Crippen molar-refractivity contribution in [3.63, 3.8) is 0 Å². The molecule has 180 valence electrons. The first kappa shape index (κ1) is 21.9. The van der Waals surface area contributed by atoms with Crippen molar-refractivity contribution in [1.29, 1.82) is 0 Å². The van der Waals surface area contributed by atoms with Crippen molar-refractivity contribution in [1.82, 2.24) is 29.4 Å². The van der Waals surface area contributed by atoms with Crippen molar-refractivity contribution < 1.29 is 9.18 Å². The first-order chi connectivity index (χ1) is 17.5. The zero-order valence-corrected chi connectivity index (χ0v) is 19.8. The van der Waals surface area contributed by atoms with E-state index in [9.17, 15) is 9.18 Å². The van der Waals surface area contributed by atoms with Crippen LogP contribution in [-0.4, -0.2) is 42.3 Å². The molecule has 5 aromatic rings. The van der Waals surface area contributed by atoms with Crippen LogP contribution in [0, 0.1) is 5.82 Å². The van der Waals surface area contributed by atoms with Crippen molar-refractivity contribution in [2.24, 2.45) is 7.05 Å². The average Bonchev–Trinajstić information content (AvgIpc) is 3.47. The van der Waals surface area contributed by atoms with E-state index < -0.39 is 0 Å². The molecule has 4 aromatic heterocycles. The fourth-order valence-corrected chi connectivity index (χ4v) is 4.64. The molecular weight excluding hydrogens is 459 g/mol. The number of pyridine rings is 2. The lowest BCUT2D eigenvalue weighted by atomic mass is 9.95. The molecule has 0 aliphatic carbocycles. The van der Waals surface area contributed by atoms with Gasteiger partial charge >= 0.3 is 0 Å². The summed E-state index contributed by atoms with van der Waals surface area (Å²) in [6.07, 6.45) is 4.30. The van der Waals surface area contributed by atoms with Gasteiger partial charge in [0.2, 0.25) is 5.91 Å². The van der Waals surface area contributed by atoms with Crippen LogP contribution in [0.3, 0.4) is 0 Å². The van der Waals surface area contributed by atoms with E-state index in [0.29, 0.717) is 23.7 Å². The van der Waals surface area contributed by atoms with Gasteiger partial charge in [0, 0.05) is 38.7 Å². The Balaban J connectivity index is 1.40. The zero-order chi connectivity index (χ0) is 24.8. The standard InChI is InChI=1S/C26H23FN8O/c1-33-24-14-18(17-7-9-28-21(12-17)30-22-8-10-29-34(22)2)13-23-31-32-26(35(23)24)19(15-25(33)36)11-16-3-5-20(27)6-4-16/h3-10,12-14,19H,11,15H2,1-2H3,(H,28,30)/t19-/m1/s1. The van der Waals surface area contributed by atoms with Gasteiger partial charge in [0.15, 0.2) is 5.65 Å². The summed E-state index contributed by atoms with van der Waals surface area (Å²) in [7, 11) is 3.62. The van der Waals surface area contributed by atoms with Gasteiger partial charge in [-0.05, 0) is 59.5 Å². The van der Waals surface area contributed by atoms with E-state index in [0.717, 1.165) is 28.3 Å². The second kappa shape index (κ2) is 8.56. The van der Waals surface area contributed by atoms with Crippen LogP contribution in [0.1, 0.15) is 23.7 Å². The highest BCUT2D eigenvalue weighted by molar-refractivity contribution is 5.94. The number of carbonyl (C=O) groups excluding carboxylic acids is 1. The van der Waals surface area contributed by atoms with Gasteiger partial charge in [-0.25, -0.2) is 9.37 Å². The van der Waals surface area contributed by atoms with Crippen molar-refractivity contribution in [3.05, 3.63) is 84.2 Å². The molecule has 36 heavy (non-hydrogen) atoms. The van der Waals surface area contributed by atoms with Crippen LogP contribution >= 0.6 is 0 Å². The highest BCUT2D eigenvalue weighted by Crippen LogP contribution is 2.35. The predicted molar refractivity (Wildman–Crippen MR) is 134 cm³/mol. The molecule has 0 unspecified atom stereocenters. The lowest BCUT2D eigenvalue weighted by molar-refractivity contribution is -0.118. The Kier molecular flexibility index (Phi) is 5.21. The molecule has 1 aliphatic rings. The molecule has 0 spiro atoms. The molecule has 5 heterocycles. The fraction of sp³-hybridized carbons (Fsp3) is 0.192. The van der Waals surface area contributed by atoms with Gasteiger partial charge in [0.05, 0.1) is 6.20 Å². The number of rotatable bonds is 5. The molecule has 0 saturated carbocycles. The van der Waals surface area contributed by atoms with Crippen molar-refractivity contribution in [2.75, 3.05) is 17.3 Å². The van der Waals surface area contributed by atoms with E-state index in [-0.39, 0.29) is 24.1 Å². The lowest BCUT2D eigenvalue weighted by Gasteiger charge is -2.18. The largest absolute Gasteiger partial charge is 0.325 e. The second-order valence-electron chi connectivity index (χ2n) is 8.93. The number of hydrogen-bond donors (Lipinski definition) is 1. The smallest absolute Gasteiger partial charge is 0.228 e. The number of hydrogen-bond acceptors (Lipinski definition) is 6. The van der Waals surface area contributed by atoms with Crippen LogP contribution in [0.15, 0.2) is 67.0 Å². The fourth-order valence-electron chi connectivity index (χ4n) is 4.64. The van der Waals surface area contributed by atoms with Crippen LogP contribution in [-0.2, 0) is 18.3 Å². The summed E-state index contributed by atoms with van der Waals surface area (Å²) in [5.74, 6) is 2.44. The Morgan fingerprint density at radius 2 is 1.83 bits per heavy atom. The van der Waals surface area contributed by atoms with E-state index >= 15 is 0 Å². The molecule has 9 nitrogen and oxygen atoms in total. The van der Waals surface area contributed by atoms with Gasteiger partial charge in [0.25, 0.3) is 0 Å². The Hall–Kier alpha value is -4.60. The van der Waals surface area contributed by atoms with Crippen LogP contribution in [0.4, 0.5) is 21.8 Å². The summed E-state index contributed by atoms with van der Waals surface area (Å²) in [5, 5.41) is 16.4. The van der Waals surface area contributed by atoms with E-state index in [2.05, 4.69) is 25.6 Å². The van der Waals surface area contributed by atoms with Crippen LogP contribution in [0.5, 0.6) is 0 Å². The summed E-state index contributed by atoms with van der Waals surface area (Å²) in [6, 6.07) is 16.0. The van der Waals surface area contributed by atoms with Gasteiger partial charge in [0.1, 0.15) is 29.1 Å². The summed E-state index contributed by atoms with van der Waals surface area (Å²) in [5.41, 5.74) is 3.41. The number of aryl methyl sites for hydroxylation is 1. The minimum atomic E-state index is -0.284. The molecule has 1 aromatic carbocycles. The van der Waals surface area contributed by atoms with E-state index in [1.54, 1.807) is 41.2 Å². The number of nitrogens with zero attached hydrogens (tertiary/aromatic N) is 7. The molecule has 0 saturated heterocycles.